The van der Waals surface area contributed by atoms with E-state index in [0.29, 0.717) is 11.3 Å². The zero-order chi connectivity index (χ0) is 20.0. The summed E-state index contributed by atoms with van der Waals surface area (Å²) in [5.74, 6) is -1.26. The fraction of sp³-hybridized carbons (Fsp3) is 0.286. The molecule has 0 saturated heterocycles. The number of aliphatic carboxylic acids is 1. The highest BCUT2D eigenvalue weighted by molar-refractivity contribution is 5.94. The van der Waals surface area contributed by atoms with Crippen molar-refractivity contribution in [3.8, 4) is 5.75 Å². The van der Waals surface area contributed by atoms with Crippen LogP contribution in [-0.2, 0) is 16.0 Å². The summed E-state index contributed by atoms with van der Waals surface area (Å²) in [6.45, 7) is 3.00. The Morgan fingerprint density at radius 1 is 1.07 bits per heavy atom. The van der Waals surface area contributed by atoms with Crippen LogP contribution in [0.4, 0.5) is 0 Å². The molecule has 6 heteroatoms. The Balaban J connectivity index is 2.10. The van der Waals surface area contributed by atoms with Crippen molar-refractivity contribution in [2.45, 2.75) is 32.4 Å². The number of hydrogen-bond acceptors (Lipinski definition) is 4. The second-order valence-corrected chi connectivity index (χ2v) is 6.34. The van der Waals surface area contributed by atoms with Crippen LogP contribution in [0.15, 0.2) is 54.6 Å². The van der Waals surface area contributed by atoms with Crippen LogP contribution in [0.5, 0.6) is 5.75 Å². The van der Waals surface area contributed by atoms with Gasteiger partial charge < -0.3 is 14.7 Å². The van der Waals surface area contributed by atoms with E-state index < -0.39 is 24.0 Å². The molecule has 0 heterocycles. The van der Waals surface area contributed by atoms with Crippen LogP contribution in [0.2, 0.25) is 0 Å². The summed E-state index contributed by atoms with van der Waals surface area (Å²) >= 11 is 0. The number of hydrogen-bond donors (Lipinski definition) is 1. The van der Waals surface area contributed by atoms with Gasteiger partial charge in [-0.1, -0.05) is 42.5 Å². The van der Waals surface area contributed by atoms with E-state index in [1.807, 2.05) is 30.3 Å². The Morgan fingerprint density at radius 2 is 1.74 bits per heavy atom. The average molecular weight is 369 g/mol. The predicted octanol–water partition coefficient (Wildman–Crippen LogP) is 2.81. The minimum atomic E-state index is -1.08. The number of carboxylic acids is 1. The van der Waals surface area contributed by atoms with Crippen LogP contribution >= 0.6 is 0 Å². The number of rotatable bonds is 8. The van der Waals surface area contributed by atoms with Crippen molar-refractivity contribution in [2.75, 3.05) is 7.05 Å². The maximum atomic E-state index is 12.7. The molecule has 0 aliphatic rings. The maximum Gasteiger partial charge on any atom is 0.326 e. The van der Waals surface area contributed by atoms with Crippen LogP contribution in [0, 0.1) is 0 Å². The van der Waals surface area contributed by atoms with Crippen LogP contribution < -0.4 is 4.74 Å². The first kappa shape index (κ1) is 20.2. The first-order valence-corrected chi connectivity index (χ1v) is 8.60. The van der Waals surface area contributed by atoms with Crippen molar-refractivity contribution in [3.05, 3.63) is 65.7 Å². The number of nitrogens with zero attached hydrogens (tertiary/aromatic N) is 1. The molecule has 0 saturated carbocycles. The van der Waals surface area contributed by atoms with Gasteiger partial charge in [-0.15, -0.1) is 0 Å². The summed E-state index contributed by atoms with van der Waals surface area (Å²) in [6, 6.07) is 14.7. The molecule has 27 heavy (non-hydrogen) atoms. The predicted molar refractivity (Wildman–Crippen MR) is 101 cm³/mol. The Kier molecular flexibility index (Phi) is 6.71. The molecule has 0 spiro atoms. The quantitative estimate of drug-likeness (QED) is 0.724. The highest BCUT2D eigenvalue weighted by Gasteiger charge is 2.30. The van der Waals surface area contributed by atoms with Gasteiger partial charge in [-0.3, -0.25) is 9.59 Å². The van der Waals surface area contributed by atoms with Gasteiger partial charge in [-0.2, -0.15) is 0 Å². The fourth-order valence-electron chi connectivity index (χ4n) is 2.71. The zero-order valence-corrected chi connectivity index (χ0v) is 15.6. The minimum Gasteiger partial charge on any atom is -0.481 e. The van der Waals surface area contributed by atoms with E-state index >= 15 is 0 Å². The third-order valence-corrected chi connectivity index (χ3v) is 4.27. The van der Waals surface area contributed by atoms with Gasteiger partial charge in [0.15, 0.2) is 11.9 Å². The molecule has 0 aliphatic carbocycles. The summed E-state index contributed by atoms with van der Waals surface area (Å²) in [4.78, 5) is 37.0. The fourth-order valence-corrected chi connectivity index (χ4v) is 2.71. The van der Waals surface area contributed by atoms with Crippen LogP contribution in [0.25, 0.3) is 0 Å². The molecular formula is C21H23NO5. The Hall–Kier alpha value is -3.15. The minimum absolute atomic E-state index is 0.106. The molecule has 2 aromatic rings. The van der Waals surface area contributed by atoms with Crippen LogP contribution in [0.3, 0.4) is 0 Å². The molecule has 0 aliphatic heterocycles. The summed E-state index contributed by atoms with van der Waals surface area (Å²) < 4.78 is 5.63. The van der Waals surface area contributed by atoms with E-state index in [2.05, 4.69) is 0 Å². The number of ketones is 1. The lowest BCUT2D eigenvalue weighted by molar-refractivity contribution is -0.151. The van der Waals surface area contributed by atoms with Crippen LogP contribution in [0.1, 0.15) is 29.8 Å². The highest BCUT2D eigenvalue weighted by atomic mass is 16.5. The lowest BCUT2D eigenvalue weighted by Gasteiger charge is -2.27. The Bertz CT molecular complexity index is 818. The summed E-state index contributed by atoms with van der Waals surface area (Å²) in [7, 11) is 1.45. The summed E-state index contributed by atoms with van der Waals surface area (Å²) in [6.07, 6.45) is -0.694. The lowest BCUT2D eigenvalue weighted by Crippen LogP contribution is -2.48. The third-order valence-electron chi connectivity index (χ3n) is 4.27. The molecule has 6 nitrogen and oxygen atoms in total. The third kappa shape index (κ3) is 5.41. The number of ether oxygens (including phenoxy) is 1. The van der Waals surface area contributed by atoms with Crippen molar-refractivity contribution in [3.63, 3.8) is 0 Å². The van der Waals surface area contributed by atoms with E-state index in [-0.39, 0.29) is 12.2 Å². The van der Waals surface area contributed by atoms with Crippen molar-refractivity contribution in [1.82, 2.24) is 4.90 Å². The Morgan fingerprint density at radius 3 is 2.33 bits per heavy atom. The van der Waals surface area contributed by atoms with Crippen LogP contribution in [-0.4, -0.2) is 46.9 Å². The topological polar surface area (TPSA) is 83.9 Å². The van der Waals surface area contributed by atoms with E-state index in [4.69, 9.17) is 4.74 Å². The average Bonchev–Trinajstić information content (AvgIpc) is 2.65. The molecule has 2 atom stereocenters. The Labute approximate surface area is 158 Å². The monoisotopic (exact) mass is 369 g/mol. The maximum absolute atomic E-state index is 12.7. The van der Waals surface area contributed by atoms with Gasteiger partial charge in [0.2, 0.25) is 0 Å². The number of likely N-dealkylation sites (N-methyl/N-ethyl adjacent to an activating group) is 1. The van der Waals surface area contributed by atoms with Crippen molar-refractivity contribution in [1.29, 1.82) is 0 Å². The second-order valence-electron chi connectivity index (χ2n) is 6.34. The highest BCUT2D eigenvalue weighted by Crippen LogP contribution is 2.17. The number of carboxylic acid groups (broad SMARTS) is 1. The second kappa shape index (κ2) is 8.98. The number of carbonyl (C=O) groups is 3. The van der Waals surface area contributed by atoms with E-state index in [1.54, 1.807) is 31.2 Å². The number of Topliss-reactive ketones (excluding diaryl/α,β-unsaturated/α-hetero) is 1. The van der Waals surface area contributed by atoms with E-state index in [1.165, 1.54) is 18.9 Å². The molecule has 142 valence electrons. The largest absolute Gasteiger partial charge is 0.481 e. The standard InChI is InChI=1S/C21H23NO5/c1-14(23)17-10-7-11-18(13-17)27-15(2)20(24)22(3)19(21(25)26)12-16-8-5-4-6-9-16/h4-11,13,15,19H,12H2,1-3H3,(H,25,26). The molecule has 0 aromatic heterocycles. The van der Waals surface area contributed by atoms with Gasteiger partial charge in [0.05, 0.1) is 0 Å². The lowest BCUT2D eigenvalue weighted by atomic mass is 10.0. The van der Waals surface area contributed by atoms with Crippen molar-refractivity contribution in [2.24, 2.45) is 0 Å². The first-order valence-electron chi connectivity index (χ1n) is 8.60. The molecular weight excluding hydrogens is 346 g/mol. The zero-order valence-electron chi connectivity index (χ0n) is 15.6. The molecule has 2 unspecified atom stereocenters. The molecule has 0 bridgehead atoms. The molecule has 2 aromatic carbocycles. The normalized spacial score (nSPS) is 12.7. The number of benzene rings is 2. The number of carbonyl (C=O) groups excluding carboxylic acids is 2. The van der Waals surface area contributed by atoms with Gasteiger partial charge in [-0.25, -0.2) is 4.79 Å². The summed E-state index contributed by atoms with van der Waals surface area (Å²) in [5, 5.41) is 9.55. The van der Waals surface area contributed by atoms with E-state index in [9.17, 15) is 19.5 Å². The molecule has 2 rings (SSSR count). The summed E-state index contributed by atoms with van der Waals surface area (Å²) in [5.41, 5.74) is 1.31. The smallest absolute Gasteiger partial charge is 0.326 e. The van der Waals surface area contributed by atoms with Gasteiger partial charge in [0, 0.05) is 19.0 Å². The van der Waals surface area contributed by atoms with Gasteiger partial charge in [-0.05, 0) is 31.5 Å². The number of amides is 1. The first-order chi connectivity index (χ1) is 12.8. The van der Waals surface area contributed by atoms with Gasteiger partial charge in [0.25, 0.3) is 5.91 Å². The molecule has 1 amide bonds. The van der Waals surface area contributed by atoms with E-state index in [0.717, 1.165) is 5.56 Å². The van der Waals surface area contributed by atoms with Gasteiger partial charge >= 0.3 is 5.97 Å². The molecule has 0 radical (unpaired) electrons. The van der Waals surface area contributed by atoms with Gasteiger partial charge in [0.1, 0.15) is 11.8 Å². The van der Waals surface area contributed by atoms with Crippen molar-refractivity contribution >= 4 is 17.7 Å². The molecule has 1 N–H and O–H groups in total. The van der Waals surface area contributed by atoms with Crippen molar-refractivity contribution < 1.29 is 24.2 Å². The SMILES string of the molecule is CC(=O)c1cccc(OC(C)C(=O)N(C)C(Cc2ccccc2)C(=O)O)c1. The molecule has 0 fully saturated rings.